The average Bonchev–Trinajstić information content (AvgIpc) is 2.39. The van der Waals surface area contributed by atoms with Crippen LogP contribution in [-0.4, -0.2) is 0 Å². The molecule has 0 aliphatic carbocycles. The first-order valence-electron chi connectivity index (χ1n) is 5.72. The molecule has 0 amide bonds. The Morgan fingerprint density at radius 3 is 2.56 bits per heavy atom. The zero-order chi connectivity index (χ0) is 13.0. The topological polar surface area (TPSA) is 9.23 Å². The fourth-order valence-electron chi connectivity index (χ4n) is 1.72. The molecule has 3 heteroatoms. The fourth-order valence-corrected chi connectivity index (χ4v) is 2.12. The second kappa shape index (κ2) is 6.12. The Labute approximate surface area is 117 Å². The van der Waals surface area contributed by atoms with Crippen LogP contribution in [0, 0.1) is 6.92 Å². The van der Waals surface area contributed by atoms with Gasteiger partial charge in [-0.2, -0.15) is 0 Å². The van der Waals surface area contributed by atoms with E-state index in [1.54, 1.807) is 0 Å². The maximum absolute atomic E-state index is 6.08. The predicted octanol–water partition coefficient (Wildman–Crippen LogP) is 4.97. The Hall–Kier alpha value is -1.18. The molecule has 2 rings (SSSR count). The van der Waals surface area contributed by atoms with E-state index in [1.807, 2.05) is 49.4 Å². The lowest BCUT2D eigenvalue weighted by Gasteiger charge is -2.11. The molecule has 1 nitrogen and oxygen atoms in total. The van der Waals surface area contributed by atoms with Gasteiger partial charge < -0.3 is 4.74 Å². The number of hydrogen-bond donors (Lipinski definition) is 0. The van der Waals surface area contributed by atoms with Crippen molar-refractivity contribution in [3.63, 3.8) is 0 Å². The first-order chi connectivity index (χ1) is 8.70. The number of aryl methyl sites for hydroxylation is 1. The highest BCUT2D eigenvalue weighted by molar-refractivity contribution is 6.31. The lowest BCUT2D eigenvalue weighted by molar-refractivity contribution is 0.304. The Morgan fingerprint density at radius 1 is 1.06 bits per heavy atom. The largest absolute Gasteiger partial charge is 0.489 e. The van der Waals surface area contributed by atoms with Gasteiger partial charge in [0.15, 0.2) is 0 Å². The van der Waals surface area contributed by atoms with E-state index >= 15 is 0 Å². The molecule has 0 radical (unpaired) electrons. The van der Waals surface area contributed by atoms with Gasteiger partial charge in [0.25, 0.3) is 0 Å². The third kappa shape index (κ3) is 3.18. The average molecular weight is 281 g/mol. The van der Waals surface area contributed by atoms with Crippen molar-refractivity contribution in [2.75, 3.05) is 0 Å². The molecule has 0 N–H and O–H groups in total. The van der Waals surface area contributed by atoms with Crippen LogP contribution >= 0.6 is 23.2 Å². The van der Waals surface area contributed by atoms with Crippen LogP contribution in [0.3, 0.4) is 0 Å². The summed E-state index contributed by atoms with van der Waals surface area (Å²) in [5.41, 5.74) is 3.15. The molecule has 0 aliphatic rings. The van der Waals surface area contributed by atoms with E-state index in [-0.39, 0.29) is 0 Å². The molecule has 0 aliphatic heterocycles. The summed E-state index contributed by atoms with van der Waals surface area (Å²) in [6.07, 6.45) is 0. The molecule has 0 atom stereocenters. The molecule has 0 spiro atoms. The first kappa shape index (κ1) is 13.3. The van der Waals surface area contributed by atoms with Gasteiger partial charge in [0.2, 0.25) is 0 Å². The summed E-state index contributed by atoms with van der Waals surface area (Å²) in [6.45, 7) is 2.49. The standard InChI is InChI=1S/C15H14Cl2O/c1-11-6-7-15(13(8-11)9-16)18-10-12-4-2-3-5-14(12)17/h2-8H,9-10H2,1H3. The van der Waals surface area contributed by atoms with Crippen LogP contribution in [0.15, 0.2) is 42.5 Å². The van der Waals surface area contributed by atoms with Gasteiger partial charge in [-0.3, -0.25) is 0 Å². The molecule has 94 valence electrons. The molecule has 0 fully saturated rings. The van der Waals surface area contributed by atoms with Crippen LogP contribution in [0.2, 0.25) is 5.02 Å². The first-order valence-corrected chi connectivity index (χ1v) is 6.63. The predicted molar refractivity (Wildman–Crippen MR) is 76.5 cm³/mol. The summed E-state index contributed by atoms with van der Waals surface area (Å²) in [7, 11) is 0. The van der Waals surface area contributed by atoms with Crippen molar-refractivity contribution in [2.45, 2.75) is 19.4 Å². The molecule has 0 saturated heterocycles. The van der Waals surface area contributed by atoms with Gasteiger partial charge in [0, 0.05) is 16.1 Å². The molecule has 2 aromatic rings. The van der Waals surface area contributed by atoms with Crippen molar-refractivity contribution < 1.29 is 4.74 Å². The van der Waals surface area contributed by atoms with Crippen LogP contribution in [-0.2, 0) is 12.5 Å². The summed E-state index contributed by atoms with van der Waals surface area (Å²) in [6, 6.07) is 13.7. The Balaban J connectivity index is 2.13. The van der Waals surface area contributed by atoms with E-state index in [0.717, 1.165) is 21.9 Å². The summed E-state index contributed by atoms with van der Waals surface area (Å²) >= 11 is 12.0. The summed E-state index contributed by atoms with van der Waals surface area (Å²) < 4.78 is 5.78. The minimum Gasteiger partial charge on any atom is -0.489 e. The van der Waals surface area contributed by atoms with Crippen LogP contribution in [0.4, 0.5) is 0 Å². The van der Waals surface area contributed by atoms with Gasteiger partial charge in [-0.25, -0.2) is 0 Å². The van der Waals surface area contributed by atoms with Crippen molar-refractivity contribution in [2.24, 2.45) is 0 Å². The Kier molecular flexibility index (Phi) is 4.51. The van der Waals surface area contributed by atoms with Crippen LogP contribution in [0.1, 0.15) is 16.7 Å². The molecular weight excluding hydrogens is 267 g/mol. The third-order valence-electron chi connectivity index (χ3n) is 2.70. The van der Waals surface area contributed by atoms with Crippen molar-refractivity contribution in [1.82, 2.24) is 0 Å². The minimum atomic E-state index is 0.444. The van der Waals surface area contributed by atoms with Gasteiger partial charge in [-0.05, 0) is 19.1 Å². The van der Waals surface area contributed by atoms with Crippen molar-refractivity contribution >= 4 is 23.2 Å². The van der Waals surface area contributed by atoms with Gasteiger partial charge in [-0.15, -0.1) is 11.6 Å². The SMILES string of the molecule is Cc1ccc(OCc2ccccc2Cl)c(CCl)c1. The zero-order valence-electron chi connectivity index (χ0n) is 10.1. The molecular formula is C15H14Cl2O. The summed E-state index contributed by atoms with van der Waals surface area (Å²) in [5, 5.41) is 0.719. The second-order valence-corrected chi connectivity index (χ2v) is 4.80. The molecule has 2 aromatic carbocycles. The molecule has 0 bridgehead atoms. The van der Waals surface area contributed by atoms with E-state index in [9.17, 15) is 0 Å². The zero-order valence-corrected chi connectivity index (χ0v) is 11.6. The van der Waals surface area contributed by atoms with Crippen LogP contribution in [0.25, 0.3) is 0 Å². The number of hydrogen-bond acceptors (Lipinski definition) is 1. The van der Waals surface area contributed by atoms with Crippen molar-refractivity contribution in [1.29, 1.82) is 0 Å². The maximum atomic E-state index is 6.08. The van der Waals surface area contributed by atoms with Gasteiger partial charge in [0.1, 0.15) is 12.4 Å². The monoisotopic (exact) mass is 280 g/mol. The molecule has 0 saturated carbocycles. The van der Waals surface area contributed by atoms with Gasteiger partial charge >= 0.3 is 0 Å². The highest BCUT2D eigenvalue weighted by Gasteiger charge is 2.05. The normalized spacial score (nSPS) is 10.4. The maximum Gasteiger partial charge on any atom is 0.124 e. The van der Waals surface area contributed by atoms with E-state index in [1.165, 1.54) is 5.56 Å². The minimum absolute atomic E-state index is 0.444. The van der Waals surface area contributed by atoms with Gasteiger partial charge in [-0.1, -0.05) is 47.5 Å². The number of ether oxygens (including phenoxy) is 1. The van der Waals surface area contributed by atoms with Crippen LogP contribution in [0.5, 0.6) is 5.75 Å². The Bertz CT molecular complexity index is 538. The summed E-state index contributed by atoms with van der Waals surface area (Å²) in [5.74, 6) is 1.26. The highest BCUT2D eigenvalue weighted by atomic mass is 35.5. The van der Waals surface area contributed by atoms with E-state index < -0.39 is 0 Å². The molecule has 18 heavy (non-hydrogen) atoms. The Morgan fingerprint density at radius 2 is 1.83 bits per heavy atom. The van der Waals surface area contributed by atoms with Crippen LogP contribution < -0.4 is 4.74 Å². The van der Waals surface area contributed by atoms with Crippen molar-refractivity contribution in [3.8, 4) is 5.75 Å². The highest BCUT2D eigenvalue weighted by Crippen LogP contribution is 2.24. The van der Waals surface area contributed by atoms with E-state index in [0.29, 0.717) is 12.5 Å². The molecule has 0 heterocycles. The molecule has 0 aromatic heterocycles. The summed E-state index contributed by atoms with van der Waals surface area (Å²) in [4.78, 5) is 0. The van der Waals surface area contributed by atoms with E-state index in [2.05, 4.69) is 0 Å². The lowest BCUT2D eigenvalue weighted by atomic mass is 10.1. The molecule has 0 unspecified atom stereocenters. The van der Waals surface area contributed by atoms with E-state index in [4.69, 9.17) is 27.9 Å². The number of benzene rings is 2. The smallest absolute Gasteiger partial charge is 0.124 e. The number of halogens is 2. The second-order valence-electron chi connectivity index (χ2n) is 4.12. The van der Waals surface area contributed by atoms with Gasteiger partial charge in [0.05, 0.1) is 5.88 Å². The number of rotatable bonds is 4. The lowest BCUT2D eigenvalue weighted by Crippen LogP contribution is -1.98. The third-order valence-corrected chi connectivity index (χ3v) is 3.36. The van der Waals surface area contributed by atoms with Crippen molar-refractivity contribution in [3.05, 3.63) is 64.2 Å². The number of alkyl halides is 1. The quantitative estimate of drug-likeness (QED) is 0.719. The fraction of sp³-hybridized carbons (Fsp3) is 0.200.